The molecule has 3 unspecified atom stereocenters. The molecule has 0 saturated carbocycles. The number of carbonyl (C=O) groups excluding carboxylic acids is 1. The molecule has 1 aliphatic rings. The number of nitrogens with zero attached hydrogens (tertiary/aromatic N) is 1. The lowest BCUT2D eigenvalue weighted by atomic mass is 9.92. The molecule has 18 heavy (non-hydrogen) atoms. The van der Waals surface area contributed by atoms with Gasteiger partial charge >= 0.3 is 0 Å². The van der Waals surface area contributed by atoms with Crippen molar-refractivity contribution in [3.8, 4) is 0 Å². The Morgan fingerprint density at radius 3 is 3.22 bits per heavy atom. The van der Waals surface area contributed by atoms with E-state index in [1.165, 1.54) is 5.56 Å². The zero-order valence-electron chi connectivity index (χ0n) is 11.1. The predicted molar refractivity (Wildman–Crippen MR) is 69.8 cm³/mol. The lowest BCUT2D eigenvalue weighted by Gasteiger charge is -2.26. The predicted octanol–water partition coefficient (Wildman–Crippen LogP) is 1.28. The maximum Gasteiger partial charge on any atom is 0.237 e. The molecule has 100 valence electrons. The zero-order valence-corrected chi connectivity index (χ0v) is 11.1. The molecule has 0 spiro atoms. The summed E-state index contributed by atoms with van der Waals surface area (Å²) in [4.78, 5) is 12.1. The van der Waals surface area contributed by atoms with Crippen LogP contribution in [0.15, 0.2) is 6.20 Å². The highest BCUT2D eigenvalue weighted by Crippen LogP contribution is 2.27. The van der Waals surface area contributed by atoms with Crippen LogP contribution in [0.3, 0.4) is 0 Å². The van der Waals surface area contributed by atoms with Crippen molar-refractivity contribution in [2.75, 3.05) is 0 Å². The third-order valence-corrected chi connectivity index (χ3v) is 3.91. The second-order valence-electron chi connectivity index (χ2n) is 5.17. The molecule has 0 fully saturated rings. The Balaban J connectivity index is 2.01. The van der Waals surface area contributed by atoms with Gasteiger partial charge in [0.05, 0.1) is 24.0 Å². The minimum absolute atomic E-state index is 0.0406. The normalized spacial score (nSPS) is 22.1. The molecule has 0 aromatic carbocycles. The Morgan fingerprint density at radius 2 is 2.50 bits per heavy atom. The highest BCUT2D eigenvalue weighted by molar-refractivity contribution is 5.82. The number of aryl methyl sites for hydroxylation is 1. The fourth-order valence-corrected chi connectivity index (χ4v) is 2.39. The van der Waals surface area contributed by atoms with Gasteiger partial charge in [0.25, 0.3) is 0 Å². The highest BCUT2D eigenvalue weighted by atomic mass is 16.2. The van der Waals surface area contributed by atoms with Gasteiger partial charge in [0.1, 0.15) is 0 Å². The molecule has 1 aromatic rings. The van der Waals surface area contributed by atoms with Crippen molar-refractivity contribution in [1.29, 1.82) is 0 Å². The fourth-order valence-electron chi connectivity index (χ4n) is 2.39. The Morgan fingerprint density at radius 1 is 1.72 bits per heavy atom. The second kappa shape index (κ2) is 5.52. The topological polar surface area (TPSA) is 83.8 Å². The third-order valence-electron chi connectivity index (χ3n) is 3.91. The summed E-state index contributed by atoms with van der Waals surface area (Å²) in [7, 11) is 0. The summed E-state index contributed by atoms with van der Waals surface area (Å²) in [5.41, 5.74) is 8.20. The number of nitrogens with two attached hydrogens (primary N) is 1. The van der Waals surface area contributed by atoms with Gasteiger partial charge in [-0.05, 0) is 30.7 Å². The van der Waals surface area contributed by atoms with Crippen molar-refractivity contribution in [2.24, 2.45) is 11.7 Å². The first kappa shape index (κ1) is 13.1. The number of aromatic nitrogens is 2. The first-order valence-corrected chi connectivity index (χ1v) is 6.71. The third kappa shape index (κ3) is 2.56. The molecule has 5 heteroatoms. The summed E-state index contributed by atoms with van der Waals surface area (Å²) in [6, 6.07) is -0.387. The van der Waals surface area contributed by atoms with Crippen molar-refractivity contribution < 1.29 is 4.79 Å². The molecule has 4 N–H and O–H groups in total. The van der Waals surface area contributed by atoms with Crippen LogP contribution in [0.4, 0.5) is 0 Å². The van der Waals surface area contributed by atoms with Crippen molar-refractivity contribution in [2.45, 2.75) is 51.6 Å². The summed E-state index contributed by atoms with van der Waals surface area (Å²) >= 11 is 0. The molecule has 1 aliphatic carbocycles. The van der Waals surface area contributed by atoms with Crippen LogP contribution in [-0.4, -0.2) is 22.1 Å². The van der Waals surface area contributed by atoms with E-state index in [-0.39, 0.29) is 17.9 Å². The molecule has 1 heterocycles. The van der Waals surface area contributed by atoms with E-state index in [0.717, 1.165) is 31.4 Å². The number of H-pyrrole nitrogens is 1. The average Bonchev–Trinajstić information content (AvgIpc) is 2.86. The quantitative estimate of drug-likeness (QED) is 0.752. The van der Waals surface area contributed by atoms with Gasteiger partial charge in [-0.15, -0.1) is 0 Å². The molecule has 0 aliphatic heterocycles. The molecule has 3 atom stereocenters. The molecule has 1 amide bonds. The van der Waals surface area contributed by atoms with Gasteiger partial charge in [-0.1, -0.05) is 20.3 Å². The summed E-state index contributed by atoms with van der Waals surface area (Å²) in [5, 5.41) is 10.1. The molecule has 5 nitrogen and oxygen atoms in total. The van der Waals surface area contributed by atoms with Crippen LogP contribution in [0.1, 0.15) is 50.4 Å². The van der Waals surface area contributed by atoms with Crippen LogP contribution in [-0.2, 0) is 11.2 Å². The van der Waals surface area contributed by atoms with E-state index in [1.807, 2.05) is 20.0 Å². The van der Waals surface area contributed by atoms with Gasteiger partial charge in [-0.25, -0.2) is 0 Å². The average molecular weight is 250 g/mol. The van der Waals surface area contributed by atoms with E-state index in [2.05, 4.69) is 15.5 Å². The maximum atomic E-state index is 12.1. The number of amides is 1. The number of rotatable bonds is 4. The molecule has 0 radical (unpaired) electrons. The molecular weight excluding hydrogens is 228 g/mol. The van der Waals surface area contributed by atoms with E-state index in [4.69, 9.17) is 5.73 Å². The maximum absolute atomic E-state index is 12.1. The van der Waals surface area contributed by atoms with Gasteiger partial charge in [-0.3, -0.25) is 9.89 Å². The van der Waals surface area contributed by atoms with Crippen LogP contribution in [0.5, 0.6) is 0 Å². The van der Waals surface area contributed by atoms with Gasteiger partial charge in [-0.2, -0.15) is 5.10 Å². The monoisotopic (exact) mass is 250 g/mol. The number of carbonyl (C=O) groups is 1. The van der Waals surface area contributed by atoms with Crippen LogP contribution >= 0.6 is 0 Å². The Bertz CT molecular complexity index is 415. The van der Waals surface area contributed by atoms with Crippen molar-refractivity contribution in [1.82, 2.24) is 15.5 Å². The minimum atomic E-state index is -0.428. The lowest BCUT2D eigenvalue weighted by Crippen LogP contribution is -2.46. The van der Waals surface area contributed by atoms with E-state index >= 15 is 0 Å². The van der Waals surface area contributed by atoms with Gasteiger partial charge < -0.3 is 11.1 Å². The number of hydrogen-bond donors (Lipinski definition) is 3. The van der Waals surface area contributed by atoms with Crippen molar-refractivity contribution >= 4 is 5.91 Å². The minimum Gasteiger partial charge on any atom is -0.346 e. The second-order valence-corrected chi connectivity index (χ2v) is 5.17. The SMILES string of the molecule is CCC(C)C(N)C(=O)NC1CCCc2cn[nH]c21. The molecule has 0 saturated heterocycles. The van der Waals surface area contributed by atoms with E-state index in [0.29, 0.717) is 0 Å². The van der Waals surface area contributed by atoms with Crippen LogP contribution in [0, 0.1) is 5.92 Å². The van der Waals surface area contributed by atoms with Gasteiger partial charge in [0.15, 0.2) is 0 Å². The van der Waals surface area contributed by atoms with Crippen molar-refractivity contribution in [3.63, 3.8) is 0 Å². The van der Waals surface area contributed by atoms with E-state index in [9.17, 15) is 4.79 Å². The smallest absolute Gasteiger partial charge is 0.237 e. The summed E-state index contributed by atoms with van der Waals surface area (Å²) < 4.78 is 0. The van der Waals surface area contributed by atoms with E-state index in [1.54, 1.807) is 0 Å². The van der Waals surface area contributed by atoms with Crippen LogP contribution in [0.25, 0.3) is 0 Å². The first-order chi connectivity index (χ1) is 8.63. The Labute approximate surface area is 108 Å². The number of aromatic amines is 1. The van der Waals surface area contributed by atoms with Gasteiger partial charge in [0, 0.05) is 0 Å². The Kier molecular flexibility index (Phi) is 4.01. The zero-order chi connectivity index (χ0) is 13.1. The summed E-state index contributed by atoms with van der Waals surface area (Å²) in [6.45, 7) is 4.05. The van der Waals surface area contributed by atoms with Crippen LogP contribution < -0.4 is 11.1 Å². The fraction of sp³-hybridized carbons (Fsp3) is 0.692. The largest absolute Gasteiger partial charge is 0.346 e. The van der Waals surface area contributed by atoms with Crippen LogP contribution in [0.2, 0.25) is 0 Å². The number of hydrogen-bond acceptors (Lipinski definition) is 3. The number of fused-ring (bicyclic) bond motifs is 1. The van der Waals surface area contributed by atoms with Gasteiger partial charge in [0.2, 0.25) is 5.91 Å². The molecule has 1 aromatic heterocycles. The molecule has 0 bridgehead atoms. The summed E-state index contributed by atoms with van der Waals surface area (Å²) in [6.07, 6.45) is 5.83. The molecular formula is C13H22N4O. The lowest BCUT2D eigenvalue weighted by molar-refractivity contribution is -0.124. The van der Waals surface area contributed by atoms with Crippen molar-refractivity contribution in [3.05, 3.63) is 17.5 Å². The number of nitrogens with one attached hydrogen (secondary N) is 2. The first-order valence-electron chi connectivity index (χ1n) is 6.71. The highest BCUT2D eigenvalue weighted by Gasteiger charge is 2.27. The van der Waals surface area contributed by atoms with E-state index < -0.39 is 6.04 Å². The molecule has 2 rings (SSSR count). The summed E-state index contributed by atoms with van der Waals surface area (Å²) in [5.74, 6) is 0.145. The standard InChI is InChI=1S/C13H22N4O/c1-3-8(2)11(14)13(18)16-10-6-4-5-9-7-15-17-12(9)10/h7-8,10-11H,3-6,14H2,1-2H3,(H,15,17)(H,16,18). The Hall–Kier alpha value is -1.36.